The number of nitrogens with one attached hydrogen (secondary N) is 2. The minimum absolute atomic E-state index is 0.0767. The number of morpholine rings is 1. The van der Waals surface area contributed by atoms with Crippen molar-refractivity contribution in [2.75, 3.05) is 52.5 Å². The van der Waals surface area contributed by atoms with Gasteiger partial charge in [0.15, 0.2) is 0 Å². The summed E-state index contributed by atoms with van der Waals surface area (Å²) in [5.74, 6) is -2.27. The summed E-state index contributed by atoms with van der Waals surface area (Å²) in [6, 6.07) is -1.45. The van der Waals surface area contributed by atoms with Crippen molar-refractivity contribution in [3.05, 3.63) is 0 Å². The topological polar surface area (TPSA) is 120 Å². The molecule has 11 heteroatoms. The Balaban J connectivity index is 1.61. The second-order valence-corrected chi connectivity index (χ2v) is 11.6. The molecule has 4 heterocycles. The standard InChI is InChI=1S/C24H39BrN4O6/c1-4-5-26-21(31)17-18-23(33)29(16(13-30)14(2)3)20(24(18)12-15(25)19(17)35-24)22(32)27-6-7-28-8-10-34-11-9-28/h14-20,30H,4-13H2,1-3H3,(H,26,31)(H,27,32)/t15?,16-,17-,18-,19-,20?,24?/m0/s1. The number of nitrogens with zero attached hydrogens (tertiary/aromatic N) is 2. The fraction of sp³-hybridized carbons (Fsp3) is 0.875. The van der Waals surface area contributed by atoms with Gasteiger partial charge in [-0.2, -0.15) is 0 Å². The zero-order valence-electron chi connectivity index (χ0n) is 20.9. The third kappa shape index (κ3) is 4.74. The Hall–Kier alpha value is -1.27. The third-order valence-corrected chi connectivity index (χ3v) is 8.82. The average Bonchev–Trinajstić information content (AvgIpc) is 3.42. The first-order valence-corrected chi connectivity index (χ1v) is 13.8. The van der Waals surface area contributed by atoms with Crippen LogP contribution in [0.25, 0.3) is 0 Å². The predicted molar refractivity (Wildman–Crippen MR) is 132 cm³/mol. The van der Waals surface area contributed by atoms with Gasteiger partial charge in [-0.15, -0.1) is 0 Å². The van der Waals surface area contributed by atoms with Gasteiger partial charge in [-0.25, -0.2) is 0 Å². The number of fused-ring (bicyclic) bond motifs is 1. The number of aliphatic hydroxyl groups excluding tert-OH is 1. The number of hydrogen-bond acceptors (Lipinski definition) is 7. The minimum Gasteiger partial charge on any atom is -0.394 e. The van der Waals surface area contributed by atoms with E-state index in [0.717, 1.165) is 19.5 Å². The smallest absolute Gasteiger partial charge is 0.245 e. The van der Waals surface area contributed by atoms with Gasteiger partial charge in [0.1, 0.15) is 11.6 Å². The molecule has 0 radical (unpaired) electrons. The van der Waals surface area contributed by atoms with E-state index in [1.54, 1.807) is 0 Å². The third-order valence-electron chi connectivity index (χ3n) is 7.97. The van der Waals surface area contributed by atoms with E-state index in [-0.39, 0.29) is 35.1 Å². The summed E-state index contributed by atoms with van der Waals surface area (Å²) >= 11 is 3.67. The van der Waals surface area contributed by atoms with Crippen molar-refractivity contribution >= 4 is 33.7 Å². The van der Waals surface area contributed by atoms with Crippen LogP contribution in [0.1, 0.15) is 33.6 Å². The molecule has 4 aliphatic rings. The molecule has 4 aliphatic heterocycles. The van der Waals surface area contributed by atoms with Crippen LogP contribution in [0.15, 0.2) is 0 Å². The molecule has 3 N–H and O–H groups in total. The van der Waals surface area contributed by atoms with Gasteiger partial charge in [-0.3, -0.25) is 19.3 Å². The first-order chi connectivity index (χ1) is 16.8. The molecule has 7 atom stereocenters. The molecule has 0 aromatic carbocycles. The van der Waals surface area contributed by atoms with E-state index in [4.69, 9.17) is 9.47 Å². The van der Waals surface area contributed by atoms with Crippen LogP contribution >= 0.6 is 15.9 Å². The van der Waals surface area contributed by atoms with Gasteiger partial charge in [0, 0.05) is 37.6 Å². The lowest BCUT2D eigenvalue weighted by Crippen LogP contribution is -2.59. The van der Waals surface area contributed by atoms with Gasteiger partial charge >= 0.3 is 0 Å². The summed E-state index contributed by atoms with van der Waals surface area (Å²) < 4.78 is 11.9. The Morgan fingerprint density at radius 1 is 1.20 bits per heavy atom. The van der Waals surface area contributed by atoms with Crippen LogP contribution in [0.3, 0.4) is 0 Å². The molecule has 0 saturated carbocycles. The van der Waals surface area contributed by atoms with Gasteiger partial charge in [0.25, 0.3) is 0 Å². The van der Waals surface area contributed by atoms with E-state index in [0.29, 0.717) is 39.3 Å². The Morgan fingerprint density at radius 3 is 2.51 bits per heavy atom. The Kier molecular flexibility index (Phi) is 8.42. The normalized spacial score (nSPS) is 35.4. The second-order valence-electron chi connectivity index (χ2n) is 10.4. The number of likely N-dealkylation sites (tertiary alicyclic amines) is 1. The van der Waals surface area contributed by atoms with Crippen LogP contribution in [0, 0.1) is 17.8 Å². The summed E-state index contributed by atoms with van der Waals surface area (Å²) in [5.41, 5.74) is -1.10. The van der Waals surface area contributed by atoms with Crippen LogP contribution in [0.4, 0.5) is 0 Å². The van der Waals surface area contributed by atoms with Crippen LogP contribution in [0.5, 0.6) is 0 Å². The van der Waals surface area contributed by atoms with Crippen LogP contribution in [-0.2, 0) is 23.9 Å². The predicted octanol–water partition coefficient (Wildman–Crippen LogP) is -0.274. The number of amides is 3. The van der Waals surface area contributed by atoms with Crippen molar-refractivity contribution in [1.29, 1.82) is 0 Å². The number of ether oxygens (including phenoxy) is 2. The summed E-state index contributed by atoms with van der Waals surface area (Å²) in [5, 5.41) is 16.2. The van der Waals surface area contributed by atoms with Gasteiger partial charge in [0.2, 0.25) is 17.7 Å². The van der Waals surface area contributed by atoms with Crippen molar-refractivity contribution in [2.45, 2.75) is 62.2 Å². The number of alkyl halides is 1. The van der Waals surface area contributed by atoms with E-state index >= 15 is 0 Å². The van der Waals surface area contributed by atoms with E-state index in [1.165, 1.54) is 4.90 Å². The quantitative estimate of drug-likeness (QED) is 0.315. The number of aliphatic hydroxyl groups is 1. The molecule has 4 fully saturated rings. The largest absolute Gasteiger partial charge is 0.394 e. The number of carbonyl (C=O) groups excluding carboxylic acids is 3. The summed E-state index contributed by atoms with van der Waals surface area (Å²) in [7, 11) is 0. The molecule has 3 amide bonds. The maximum atomic E-state index is 13.9. The van der Waals surface area contributed by atoms with Crippen molar-refractivity contribution in [1.82, 2.24) is 20.4 Å². The SMILES string of the molecule is CCCNC(=O)[C@H]1[C@H]2C(=O)N([C@@H](CO)C(C)C)C(C(=O)NCCN3CCOCC3)C23CC(Br)[C@@H]1O3. The van der Waals surface area contributed by atoms with Crippen LogP contribution < -0.4 is 10.6 Å². The average molecular weight is 560 g/mol. The lowest BCUT2D eigenvalue weighted by atomic mass is 9.70. The minimum atomic E-state index is -1.10. The highest BCUT2D eigenvalue weighted by Gasteiger charge is 2.77. The molecule has 4 rings (SSSR count). The molecule has 10 nitrogen and oxygen atoms in total. The molecule has 35 heavy (non-hydrogen) atoms. The first-order valence-electron chi connectivity index (χ1n) is 12.9. The van der Waals surface area contributed by atoms with Gasteiger partial charge < -0.3 is 30.1 Å². The van der Waals surface area contributed by atoms with Crippen LogP contribution in [-0.4, -0.2) is 114 Å². The van der Waals surface area contributed by atoms with Crippen LogP contribution in [0.2, 0.25) is 0 Å². The molecule has 3 unspecified atom stereocenters. The molecule has 1 spiro atoms. The summed E-state index contributed by atoms with van der Waals surface area (Å²) in [6.45, 7) is 10.2. The lowest BCUT2D eigenvalue weighted by Gasteiger charge is -2.38. The van der Waals surface area contributed by atoms with E-state index in [9.17, 15) is 19.5 Å². The molecular weight excluding hydrogens is 520 g/mol. The van der Waals surface area contributed by atoms with Crippen molar-refractivity contribution < 1.29 is 29.0 Å². The Labute approximate surface area is 215 Å². The molecule has 0 aliphatic carbocycles. The van der Waals surface area contributed by atoms with Crippen molar-refractivity contribution in [3.8, 4) is 0 Å². The monoisotopic (exact) mass is 558 g/mol. The first kappa shape index (κ1) is 26.8. The van der Waals surface area contributed by atoms with Crippen molar-refractivity contribution in [2.24, 2.45) is 17.8 Å². The van der Waals surface area contributed by atoms with Crippen molar-refractivity contribution in [3.63, 3.8) is 0 Å². The molecule has 198 valence electrons. The zero-order valence-corrected chi connectivity index (χ0v) is 22.5. The molecule has 0 aromatic heterocycles. The van der Waals surface area contributed by atoms with Gasteiger partial charge in [0.05, 0.1) is 43.8 Å². The fourth-order valence-electron chi connectivity index (χ4n) is 6.27. The summed E-state index contributed by atoms with van der Waals surface area (Å²) in [6.07, 6.45) is 0.768. The highest BCUT2D eigenvalue weighted by Crippen LogP contribution is 2.60. The summed E-state index contributed by atoms with van der Waals surface area (Å²) in [4.78, 5) is 44.5. The number of rotatable bonds is 10. The maximum Gasteiger partial charge on any atom is 0.245 e. The molecule has 4 saturated heterocycles. The number of carbonyl (C=O) groups is 3. The Morgan fingerprint density at radius 2 is 1.89 bits per heavy atom. The molecule has 2 bridgehead atoms. The van der Waals surface area contributed by atoms with E-state index in [1.807, 2.05) is 20.8 Å². The number of hydrogen-bond donors (Lipinski definition) is 3. The number of halogens is 1. The van der Waals surface area contributed by atoms with E-state index < -0.39 is 35.6 Å². The second kappa shape index (κ2) is 11.0. The van der Waals surface area contributed by atoms with Gasteiger partial charge in [-0.05, 0) is 18.8 Å². The highest BCUT2D eigenvalue weighted by atomic mass is 79.9. The zero-order chi connectivity index (χ0) is 25.3. The molecule has 0 aromatic rings. The Bertz CT molecular complexity index is 809. The van der Waals surface area contributed by atoms with Gasteiger partial charge in [-0.1, -0.05) is 36.7 Å². The van der Waals surface area contributed by atoms with E-state index in [2.05, 4.69) is 31.5 Å². The maximum absolute atomic E-state index is 13.9. The fourth-order valence-corrected chi connectivity index (χ4v) is 7.21. The lowest BCUT2D eigenvalue weighted by molar-refractivity contribution is -0.146. The molecular formula is C24H39BrN4O6. The highest BCUT2D eigenvalue weighted by molar-refractivity contribution is 9.09.